The molecule has 0 saturated carbocycles. The van der Waals surface area contributed by atoms with Gasteiger partial charge >= 0.3 is 12.1 Å². The zero-order valence-corrected chi connectivity index (χ0v) is 13.0. The van der Waals surface area contributed by atoms with Crippen molar-refractivity contribution in [3.05, 3.63) is 35.0 Å². The van der Waals surface area contributed by atoms with Crippen LogP contribution in [0.25, 0.3) is 10.9 Å². The van der Waals surface area contributed by atoms with Gasteiger partial charge in [0.05, 0.1) is 12.6 Å². The Kier molecular flexibility index (Phi) is 3.96. The molecule has 0 amide bonds. The third kappa shape index (κ3) is 3.03. The van der Waals surface area contributed by atoms with Crippen LogP contribution >= 0.6 is 11.6 Å². The number of methoxy groups -OCH3 is 1. The van der Waals surface area contributed by atoms with Gasteiger partial charge in [-0.1, -0.05) is 17.7 Å². The van der Waals surface area contributed by atoms with E-state index in [0.29, 0.717) is 15.9 Å². The molecule has 0 unspecified atom stereocenters. The van der Waals surface area contributed by atoms with Crippen LogP contribution in [-0.2, 0) is 9.47 Å². The van der Waals surface area contributed by atoms with Crippen molar-refractivity contribution in [3.8, 4) is 0 Å². The fourth-order valence-electron chi connectivity index (χ4n) is 1.95. The van der Waals surface area contributed by atoms with Crippen molar-refractivity contribution in [1.29, 1.82) is 0 Å². The van der Waals surface area contributed by atoms with Crippen LogP contribution in [0.2, 0.25) is 5.02 Å². The second kappa shape index (κ2) is 5.41. The van der Waals surface area contributed by atoms with E-state index in [1.54, 1.807) is 39.0 Å². The molecule has 112 valence electrons. The molecule has 0 aliphatic carbocycles. The fourth-order valence-corrected chi connectivity index (χ4v) is 2.18. The first-order chi connectivity index (χ1) is 9.74. The molecule has 0 atom stereocenters. The molecular weight excluding hydrogens is 294 g/mol. The zero-order chi connectivity index (χ0) is 15.8. The topological polar surface area (TPSA) is 57.5 Å². The average Bonchev–Trinajstić information content (AvgIpc) is 2.76. The van der Waals surface area contributed by atoms with Crippen LogP contribution in [0.4, 0.5) is 4.79 Å². The summed E-state index contributed by atoms with van der Waals surface area (Å²) < 4.78 is 11.2. The molecule has 1 heterocycles. The minimum absolute atomic E-state index is 0.0786. The van der Waals surface area contributed by atoms with Gasteiger partial charge in [0.25, 0.3) is 0 Å². The quantitative estimate of drug-likeness (QED) is 0.750. The van der Waals surface area contributed by atoms with Gasteiger partial charge in [0.1, 0.15) is 11.3 Å². The standard InChI is InChI=1S/C15H16ClNO4/c1-15(2,3)21-14(19)17-11-7-5-6-10(16)9(11)8-12(17)13(18)20-4/h5-8H,1-4H3. The van der Waals surface area contributed by atoms with Gasteiger partial charge in [0.2, 0.25) is 0 Å². The molecule has 0 radical (unpaired) electrons. The Morgan fingerprint density at radius 2 is 1.90 bits per heavy atom. The Balaban J connectivity index is 2.66. The first kappa shape index (κ1) is 15.4. The van der Waals surface area contributed by atoms with E-state index in [1.807, 2.05) is 0 Å². The Hall–Kier alpha value is -2.01. The van der Waals surface area contributed by atoms with Gasteiger partial charge in [-0.3, -0.25) is 0 Å². The maximum Gasteiger partial charge on any atom is 0.419 e. The summed E-state index contributed by atoms with van der Waals surface area (Å²) in [6, 6.07) is 6.60. The van der Waals surface area contributed by atoms with Crippen molar-refractivity contribution in [2.75, 3.05) is 7.11 Å². The molecule has 0 spiro atoms. The lowest BCUT2D eigenvalue weighted by atomic mass is 10.2. The summed E-state index contributed by atoms with van der Waals surface area (Å²) in [6.07, 6.45) is -0.653. The maximum atomic E-state index is 12.4. The SMILES string of the molecule is COC(=O)c1cc2c(Cl)cccc2n1C(=O)OC(C)(C)C. The first-order valence-corrected chi connectivity index (χ1v) is 6.74. The van der Waals surface area contributed by atoms with Gasteiger partial charge in [-0.25, -0.2) is 14.2 Å². The van der Waals surface area contributed by atoms with Gasteiger partial charge in [-0.05, 0) is 39.0 Å². The number of rotatable bonds is 1. The van der Waals surface area contributed by atoms with Crippen LogP contribution in [-0.4, -0.2) is 29.3 Å². The molecule has 5 nitrogen and oxygen atoms in total. The molecule has 1 aromatic carbocycles. The summed E-state index contributed by atoms with van der Waals surface area (Å²) in [5.74, 6) is -0.631. The lowest BCUT2D eigenvalue weighted by Crippen LogP contribution is -2.29. The van der Waals surface area contributed by atoms with E-state index < -0.39 is 17.7 Å². The third-order valence-electron chi connectivity index (χ3n) is 2.76. The van der Waals surface area contributed by atoms with E-state index in [-0.39, 0.29) is 5.69 Å². The Bertz CT molecular complexity index is 712. The molecule has 0 saturated heterocycles. The molecule has 0 aliphatic rings. The van der Waals surface area contributed by atoms with Crippen molar-refractivity contribution >= 4 is 34.6 Å². The lowest BCUT2D eigenvalue weighted by Gasteiger charge is -2.20. The summed E-state index contributed by atoms with van der Waals surface area (Å²) in [4.78, 5) is 24.3. The lowest BCUT2D eigenvalue weighted by molar-refractivity contribution is 0.0490. The van der Waals surface area contributed by atoms with E-state index in [9.17, 15) is 9.59 Å². The Labute approximate surface area is 127 Å². The van der Waals surface area contributed by atoms with Crippen LogP contribution in [0.1, 0.15) is 31.3 Å². The molecule has 1 aromatic heterocycles. The molecule has 0 aliphatic heterocycles. The van der Waals surface area contributed by atoms with E-state index >= 15 is 0 Å². The number of ether oxygens (including phenoxy) is 2. The number of hydrogen-bond acceptors (Lipinski definition) is 4. The molecule has 2 aromatic rings. The minimum Gasteiger partial charge on any atom is -0.464 e. The van der Waals surface area contributed by atoms with Gasteiger partial charge in [0, 0.05) is 10.4 Å². The van der Waals surface area contributed by atoms with Crippen molar-refractivity contribution < 1.29 is 19.1 Å². The minimum atomic E-state index is -0.681. The summed E-state index contributed by atoms with van der Waals surface area (Å²) in [6.45, 7) is 5.25. The number of esters is 1. The number of aromatic nitrogens is 1. The van der Waals surface area contributed by atoms with E-state index in [0.717, 1.165) is 0 Å². The highest BCUT2D eigenvalue weighted by Crippen LogP contribution is 2.28. The van der Waals surface area contributed by atoms with Gasteiger partial charge < -0.3 is 9.47 Å². The van der Waals surface area contributed by atoms with Gasteiger partial charge in [-0.2, -0.15) is 0 Å². The molecule has 0 bridgehead atoms. The predicted molar refractivity (Wildman–Crippen MR) is 79.9 cm³/mol. The number of carbonyl (C=O) groups is 2. The molecular formula is C15H16ClNO4. The molecule has 2 rings (SSSR count). The van der Waals surface area contributed by atoms with E-state index in [4.69, 9.17) is 21.1 Å². The summed E-state index contributed by atoms with van der Waals surface area (Å²) in [5, 5.41) is 1.03. The molecule has 21 heavy (non-hydrogen) atoms. The summed E-state index contributed by atoms with van der Waals surface area (Å²) in [5.41, 5.74) is -0.105. The van der Waals surface area contributed by atoms with Crippen LogP contribution in [0.5, 0.6) is 0 Å². The van der Waals surface area contributed by atoms with Crippen LogP contribution in [0.15, 0.2) is 24.3 Å². The van der Waals surface area contributed by atoms with Crippen molar-refractivity contribution in [3.63, 3.8) is 0 Å². The number of nitrogens with zero attached hydrogens (tertiary/aromatic N) is 1. The fraction of sp³-hybridized carbons (Fsp3) is 0.333. The summed E-state index contributed by atoms with van der Waals surface area (Å²) >= 11 is 6.11. The maximum absolute atomic E-state index is 12.4. The highest BCUT2D eigenvalue weighted by Gasteiger charge is 2.26. The highest BCUT2D eigenvalue weighted by atomic mass is 35.5. The highest BCUT2D eigenvalue weighted by molar-refractivity contribution is 6.35. The summed E-state index contributed by atoms with van der Waals surface area (Å²) in [7, 11) is 1.25. The molecule has 0 fully saturated rings. The zero-order valence-electron chi connectivity index (χ0n) is 12.3. The van der Waals surface area contributed by atoms with Gasteiger partial charge in [-0.15, -0.1) is 0 Å². The second-order valence-electron chi connectivity index (χ2n) is 5.51. The molecule has 0 N–H and O–H groups in total. The van der Waals surface area contributed by atoms with Crippen LogP contribution in [0.3, 0.4) is 0 Å². The Morgan fingerprint density at radius 1 is 1.24 bits per heavy atom. The van der Waals surface area contributed by atoms with Crippen molar-refractivity contribution in [1.82, 2.24) is 4.57 Å². The predicted octanol–water partition coefficient (Wildman–Crippen LogP) is 3.86. The molecule has 6 heteroatoms. The largest absolute Gasteiger partial charge is 0.464 e. The van der Waals surface area contributed by atoms with E-state index in [1.165, 1.54) is 17.7 Å². The van der Waals surface area contributed by atoms with Crippen LogP contribution < -0.4 is 0 Å². The smallest absolute Gasteiger partial charge is 0.419 e. The monoisotopic (exact) mass is 309 g/mol. The first-order valence-electron chi connectivity index (χ1n) is 6.36. The number of fused-ring (bicyclic) bond motifs is 1. The number of hydrogen-bond donors (Lipinski definition) is 0. The average molecular weight is 310 g/mol. The Morgan fingerprint density at radius 3 is 2.48 bits per heavy atom. The van der Waals surface area contributed by atoms with Crippen molar-refractivity contribution in [2.24, 2.45) is 0 Å². The third-order valence-corrected chi connectivity index (χ3v) is 3.09. The van der Waals surface area contributed by atoms with Crippen LogP contribution in [0, 0.1) is 0 Å². The van der Waals surface area contributed by atoms with E-state index in [2.05, 4.69) is 0 Å². The second-order valence-corrected chi connectivity index (χ2v) is 5.92. The van der Waals surface area contributed by atoms with Gasteiger partial charge in [0.15, 0.2) is 0 Å². The normalized spacial score (nSPS) is 11.5. The van der Waals surface area contributed by atoms with Crippen molar-refractivity contribution in [2.45, 2.75) is 26.4 Å². The number of halogens is 1. The number of benzene rings is 1. The number of carbonyl (C=O) groups excluding carboxylic acids is 2.